The molecule has 0 aliphatic carbocycles. The topological polar surface area (TPSA) is 30.5 Å². The van der Waals surface area contributed by atoms with Gasteiger partial charge in [0.1, 0.15) is 11.6 Å². The molecule has 0 aromatic heterocycles. The second kappa shape index (κ2) is 7.60. The monoisotopic (exact) mass is 283 g/mol. The summed E-state index contributed by atoms with van der Waals surface area (Å²) in [5.74, 6) is 0.257. The largest absolute Gasteiger partial charge is 0.497 e. The van der Waals surface area contributed by atoms with Crippen LogP contribution in [0.25, 0.3) is 0 Å². The van der Waals surface area contributed by atoms with E-state index in [0.717, 1.165) is 13.0 Å². The quantitative estimate of drug-likeness (QED) is 0.828. The van der Waals surface area contributed by atoms with E-state index < -0.39 is 0 Å². The molecule has 0 amide bonds. The molecule has 0 heterocycles. The smallest absolute Gasteiger partial charge is 0.131 e. The summed E-state index contributed by atoms with van der Waals surface area (Å²) in [6.45, 7) is 9.33. The Morgan fingerprint density at radius 1 is 1.30 bits per heavy atom. The molecule has 4 heteroatoms. The Morgan fingerprint density at radius 3 is 2.50 bits per heavy atom. The minimum atomic E-state index is -0.268. The molecule has 20 heavy (non-hydrogen) atoms. The second-order valence-electron chi connectivity index (χ2n) is 5.82. The Labute approximate surface area is 121 Å². The molecule has 0 spiro atoms. The summed E-state index contributed by atoms with van der Waals surface area (Å²) >= 11 is 0. The molecule has 1 N–H and O–H groups in total. The van der Waals surface area contributed by atoms with Crippen LogP contribution in [0.4, 0.5) is 4.39 Å². The van der Waals surface area contributed by atoms with Gasteiger partial charge in [-0.3, -0.25) is 0 Å². The maximum atomic E-state index is 14.2. The molecule has 1 aromatic carbocycles. The Bertz CT molecular complexity index is 415. The standard InChI is InChI=1S/C16H26FNO2/c1-6-9-18-15(11-20-16(2,3)4)13-8-7-12(19-5)10-14(13)17/h7-8,10,15,18H,6,9,11H2,1-5H3. The van der Waals surface area contributed by atoms with Crippen molar-refractivity contribution in [2.24, 2.45) is 0 Å². The third-order valence-corrected chi connectivity index (χ3v) is 2.91. The Kier molecular flexibility index (Phi) is 6.43. The van der Waals surface area contributed by atoms with E-state index in [0.29, 0.717) is 17.9 Å². The number of halogens is 1. The Hall–Kier alpha value is -1.13. The summed E-state index contributed by atoms with van der Waals surface area (Å²) in [6.07, 6.45) is 0.990. The van der Waals surface area contributed by atoms with Crippen molar-refractivity contribution < 1.29 is 13.9 Å². The van der Waals surface area contributed by atoms with Crippen LogP contribution >= 0.6 is 0 Å². The summed E-state index contributed by atoms with van der Waals surface area (Å²) in [5.41, 5.74) is 0.373. The van der Waals surface area contributed by atoms with Gasteiger partial charge in [0.05, 0.1) is 25.4 Å². The first-order chi connectivity index (χ1) is 9.37. The number of ether oxygens (including phenoxy) is 2. The van der Waals surface area contributed by atoms with Crippen molar-refractivity contribution in [1.29, 1.82) is 0 Å². The van der Waals surface area contributed by atoms with Crippen LogP contribution in [0, 0.1) is 5.82 Å². The van der Waals surface area contributed by atoms with Crippen LogP contribution in [0.3, 0.4) is 0 Å². The van der Waals surface area contributed by atoms with Crippen LogP contribution in [0.1, 0.15) is 45.7 Å². The van der Waals surface area contributed by atoms with Crippen molar-refractivity contribution in [3.05, 3.63) is 29.6 Å². The molecule has 1 atom stereocenters. The zero-order valence-electron chi connectivity index (χ0n) is 13.1. The van der Waals surface area contributed by atoms with E-state index in [1.165, 1.54) is 13.2 Å². The van der Waals surface area contributed by atoms with E-state index in [2.05, 4.69) is 12.2 Å². The predicted molar refractivity (Wildman–Crippen MR) is 79.7 cm³/mol. The van der Waals surface area contributed by atoms with Crippen LogP contribution in [0.5, 0.6) is 5.75 Å². The van der Waals surface area contributed by atoms with Crippen molar-refractivity contribution in [1.82, 2.24) is 5.32 Å². The van der Waals surface area contributed by atoms with Gasteiger partial charge in [-0.25, -0.2) is 4.39 Å². The number of hydrogen-bond acceptors (Lipinski definition) is 3. The highest BCUT2D eigenvalue weighted by molar-refractivity contribution is 5.31. The second-order valence-corrected chi connectivity index (χ2v) is 5.82. The van der Waals surface area contributed by atoms with E-state index in [1.807, 2.05) is 20.8 Å². The van der Waals surface area contributed by atoms with Gasteiger partial charge in [0, 0.05) is 11.6 Å². The van der Waals surface area contributed by atoms with Crippen molar-refractivity contribution in [3.63, 3.8) is 0 Å². The molecule has 3 nitrogen and oxygen atoms in total. The van der Waals surface area contributed by atoms with E-state index >= 15 is 0 Å². The minimum Gasteiger partial charge on any atom is -0.497 e. The highest BCUT2D eigenvalue weighted by Crippen LogP contribution is 2.23. The van der Waals surface area contributed by atoms with E-state index in [4.69, 9.17) is 9.47 Å². The van der Waals surface area contributed by atoms with E-state index in [1.54, 1.807) is 12.1 Å². The summed E-state index contributed by atoms with van der Waals surface area (Å²) in [6, 6.07) is 4.79. The first kappa shape index (κ1) is 16.9. The molecule has 0 aliphatic rings. The number of rotatable bonds is 7. The number of benzene rings is 1. The van der Waals surface area contributed by atoms with Crippen LogP contribution in [-0.2, 0) is 4.74 Å². The molecule has 0 bridgehead atoms. The van der Waals surface area contributed by atoms with Crippen molar-refractivity contribution in [2.45, 2.75) is 45.8 Å². The fraction of sp³-hybridized carbons (Fsp3) is 0.625. The molecule has 0 saturated heterocycles. The lowest BCUT2D eigenvalue weighted by atomic mass is 10.1. The average Bonchev–Trinajstić information content (AvgIpc) is 2.38. The highest BCUT2D eigenvalue weighted by Gasteiger charge is 2.19. The van der Waals surface area contributed by atoms with E-state index in [9.17, 15) is 4.39 Å². The number of nitrogens with one attached hydrogen (secondary N) is 1. The van der Waals surface area contributed by atoms with Gasteiger partial charge in [-0.05, 0) is 39.8 Å². The summed E-state index contributed by atoms with van der Waals surface area (Å²) in [7, 11) is 1.53. The maximum Gasteiger partial charge on any atom is 0.131 e. The molecule has 114 valence electrons. The molecule has 0 fully saturated rings. The first-order valence-electron chi connectivity index (χ1n) is 7.08. The van der Waals surface area contributed by atoms with Gasteiger partial charge < -0.3 is 14.8 Å². The fourth-order valence-corrected chi connectivity index (χ4v) is 1.83. The average molecular weight is 283 g/mol. The van der Waals surface area contributed by atoms with Gasteiger partial charge in [-0.2, -0.15) is 0 Å². The third kappa shape index (κ3) is 5.47. The predicted octanol–water partition coefficient (Wildman–Crippen LogP) is 3.69. The van der Waals surface area contributed by atoms with Crippen molar-refractivity contribution in [3.8, 4) is 5.75 Å². The number of hydrogen-bond donors (Lipinski definition) is 1. The lowest BCUT2D eigenvalue weighted by Gasteiger charge is -2.26. The molecule has 0 aliphatic heterocycles. The summed E-state index contributed by atoms with van der Waals surface area (Å²) in [5, 5.41) is 3.33. The summed E-state index contributed by atoms with van der Waals surface area (Å²) < 4.78 is 25.0. The zero-order chi connectivity index (χ0) is 15.2. The third-order valence-electron chi connectivity index (χ3n) is 2.91. The zero-order valence-corrected chi connectivity index (χ0v) is 13.1. The molecule has 0 radical (unpaired) electrons. The summed E-state index contributed by atoms with van der Waals surface area (Å²) in [4.78, 5) is 0. The van der Waals surface area contributed by atoms with Crippen molar-refractivity contribution >= 4 is 0 Å². The van der Waals surface area contributed by atoms with Gasteiger partial charge in [-0.1, -0.05) is 13.0 Å². The van der Waals surface area contributed by atoms with Gasteiger partial charge in [0.25, 0.3) is 0 Å². The number of methoxy groups -OCH3 is 1. The Morgan fingerprint density at radius 2 is 2.00 bits per heavy atom. The molecule has 1 rings (SSSR count). The molecule has 1 unspecified atom stereocenters. The maximum absolute atomic E-state index is 14.2. The lowest BCUT2D eigenvalue weighted by molar-refractivity contribution is -0.0151. The van der Waals surface area contributed by atoms with Crippen LogP contribution in [-0.4, -0.2) is 25.9 Å². The molecular formula is C16H26FNO2. The van der Waals surface area contributed by atoms with Crippen LogP contribution in [0.2, 0.25) is 0 Å². The van der Waals surface area contributed by atoms with Crippen LogP contribution < -0.4 is 10.1 Å². The first-order valence-corrected chi connectivity index (χ1v) is 7.08. The minimum absolute atomic E-state index is 0.153. The van der Waals surface area contributed by atoms with Gasteiger partial charge in [0.2, 0.25) is 0 Å². The lowest BCUT2D eigenvalue weighted by Crippen LogP contribution is -2.31. The molecule has 1 aromatic rings. The normalized spacial score (nSPS) is 13.3. The Balaban J connectivity index is 2.86. The SMILES string of the molecule is CCCNC(COC(C)(C)C)c1ccc(OC)cc1F. The molecule has 0 saturated carbocycles. The van der Waals surface area contributed by atoms with Gasteiger partial charge in [0.15, 0.2) is 0 Å². The van der Waals surface area contributed by atoms with Crippen molar-refractivity contribution in [2.75, 3.05) is 20.3 Å². The van der Waals surface area contributed by atoms with Gasteiger partial charge >= 0.3 is 0 Å². The van der Waals surface area contributed by atoms with Gasteiger partial charge in [-0.15, -0.1) is 0 Å². The van der Waals surface area contributed by atoms with E-state index in [-0.39, 0.29) is 17.5 Å². The van der Waals surface area contributed by atoms with Crippen LogP contribution in [0.15, 0.2) is 18.2 Å². The fourth-order valence-electron chi connectivity index (χ4n) is 1.83. The molecular weight excluding hydrogens is 257 g/mol. The highest BCUT2D eigenvalue weighted by atomic mass is 19.1.